The Kier molecular flexibility index (Phi) is 6.79. The molecule has 150 valence electrons. The molecule has 1 heterocycles. The van der Waals surface area contributed by atoms with E-state index in [1.165, 1.54) is 24.1 Å². The fourth-order valence-corrected chi connectivity index (χ4v) is 3.76. The summed E-state index contributed by atoms with van der Waals surface area (Å²) in [6.45, 7) is 2.86. The third-order valence-corrected chi connectivity index (χ3v) is 6.03. The first-order valence-electron chi connectivity index (χ1n) is 8.52. The number of carbonyl (C=O) groups is 2. The van der Waals surface area contributed by atoms with Crippen molar-refractivity contribution in [3.8, 4) is 0 Å². The van der Waals surface area contributed by atoms with Gasteiger partial charge < -0.3 is 20.1 Å². The van der Waals surface area contributed by atoms with Gasteiger partial charge in [0, 0.05) is 33.3 Å². The number of nitrogens with one attached hydrogen (secondary N) is 2. The van der Waals surface area contributed by atoms with Gasteiger partial charge in [-0.05, 0) is 31.0 Å². The molecule has 0 bridgehead atoms. The largest absolute Gasteiger partial charge is 0.481 e. The Labute approximate surface area is 158 Å². The van der Waals surface area contributed by atoms with Gasteiger partial charge in [0.15, 0.2) is 0 Å². The molecule has 2 amide bonds. The molecule has 1 atom stereocenters. The average molecular weight is 399 g/mol. The zero-order valence-electron chi connectivity index (χ0n) is 15.4. The normalized spacial score (nSPS) is 19.9. The van der Waals surface area contributed by atoms with Gasteiger partial charge in [0.05, 0.1) is 16.9 Å². The highest BCUT2D eigenvalue weighted by Crippen LogP contribution is 2.29. The summed E-state index contributed by atoms with van der Waals surface area (Å²) in [4.78, 5) is 25.1. The summed E-state index contributed by atoms with van der Waals surface area (Å²) in [5, 5.41) is 12.0. The van der Waals surface area contributed by atoms with E-state index in [-0.39, 0.29) is 37.2 Å². The van der Waals surface area contributed by atoms with Crippen LogP contribution in [0.25, 0.3) is 0 Å². The van der Waals surface area contributed by atoms with Gasteiger partial charge in [0.2, 0.25) is 10.0 Å². The standard InChI is InChI=1S/C17H25N3O6S/c1-17(15(21)22)7-9-20(12-17)16(23)18-11-13-3-5-14(6-4-13)27(24,25)19-8-10-26-2/h3-6,19H,7-12H2,1-2H3,(H,18,23)(H,21,22). The van der Waals surface area contributed by atoms with Crippen molar-refractivity contribution in [3.63, 3.8) is 0 Å². The Morgan fingerprint density at radius 1 is 1.30 bits per heavy atom. The molecule has 10 heteroatoms. The number of likely N-dealkylation sites (tertiary alicyclic amines) is 1. The van der Waals surface area contributed by atoms with E-state index in [1.54, 1.807) is 19.1 Å². The lowest BCUT2D eigenvalue weighted by Crippen LogP contribution is -2.40. The molecule has 1 fully saturated rings. The molecule has 0 aliphatic carbocycles. The third-order valence-electron chi connectivity index (χ3n) is 4.55. The molecule has 1 aliphatic rings. The summed E-state index contributed by atoms with van der Waals surface area (Å²) in [6.07, 6.45) is 0.415. The number of nitrogens with zero attached hydrogens (tertiary/aromatic N) is 1. The molecule has 3 N–H and O–H groups in total. The summed E-state index contributed by atoms with van der Waals surface area (Å²) >= 11 is 0. The zero-order valence-corrected chi connectivity index (χ0v) is 16.2. The Balaban J connectivity index is 1.88. The lowest BCUT2D eigenvalue weighted by Gasteiger charge is -2.20. The van der Waals surface area contributed by atoms with Gasteiger partial charge in [-0.3, -0.25) is 4.79 Å². The fraction of sp³-hybridized carbons (Fsp3) is 0.529. The highest BCUT2D eigenvalue weighted by Gasteiger charge is 2.42. The van der Waals surface area contributed by atoms with Gasteiger partial charge in [-0.1, -0.05) is 12.1 Å². The number of methoxy groups -OCH3 is 1. The third kappa shape index (κ3) is 5.41. The molecule has 1 aromatic carbocycles. The fourth-order valence-electron chi connectivity index (χ4n) is 2.75. The number of ether oxygens (including phenoxy) is 1. The van der Waals surface area contributed by atoms with Gasteiger partial charge in [0.1, 0.15) is 0 Å². The second kappa shape index (κ2) is 8.68. The molecule has 1 aliphatic heterocycles. The van der Waals surface area contributed by atoms with E-state index in [4.69, 9.17) is 4.74 Å². The number of carbonyl (C=O) groups excluding carboxylic acids is 1. The molecule has 27 heavy (non-hydrogen) atoms. The van der Waals surface area contributed by atoms with Crippen molar-refractivity contribution in [2.45, 2.75) is 24.8 Å². The van der Waals surface area contributed by atoms with E-state index in [1.807, 2.05) is 0 Å². The van der Waals surface area contributed by atoms with Crippen molar-refractivity contribution in [2.24, 2.45) is 5.41 Å². The van der Waals surface area contributed by atoms with Gasteiger partial charge >= 0.3 is 12.0 Å². The van der Waals surface area contributed by atoms with Crippen molar-refractivity contribution < 1.29 is 27.9 Å². The van der Waals surface area contributed by atoms with Crippen LogP contribution in [0.5, 0.6) is 0 Å². The lowest BCUT2D eigenvalue weighted by atomic mass is 9.90. The predicted molar refractivity (Wildman–Crippen MR) is 97.7 cm³/mol. The Bertz CT molecular complexity index is 780. The maximum Gasteiger partial charge on any atom is 0.317 e. The maximum absolute atomic E-state index is 12.2. The number of amides is 2. The molecule has 0 saturated carbocycles. The van der Waals surface area contributed by atoms with Crippen LogP contribution in [0.15, 0.2) is 29.2 Å². The van der Waals surface area contributed by atoms with Crippen LogP contribution in [0.2, 0.25) is 0 Å². The quantitative estimate of drug-likeness (QED) is 0.550. The van der Waals surface area contributed by atoms with Gasteiger partial charge in [-0.25, -0.2) is 17.9 Å². The minimum absolute atomic E-state index is 0.130. The van der Waals surface area contributed by atoms with Crippen LogP contribution in [-0.2, 0) is 26.1 Å². The van der Waals surface area contributed by atoms with E-state index in [2.05, 4.69) is 10.0 Å². The molecule has 0 aromatic heterocycles. The topological polar surface area (TPSA) is 125 Å². The second-order valence-electron chi connectivity index (χ2n) is 6.73. The predicted octanol–water partition coefficient (Wildman–Crippen LogP) is 0.618. The molecule has 2 rings (SSSR count). The number of hydrogen-bond acceptors (Lipinski definition) is 5. The molecule has 1 saturated heterocycles. The van der Waals surface area contributed by atoms with Crippen LogP contribution < -0.4 is 10.0 Å². The van der Waals surface area contributed by atoms with Crippen molar-refractivity contribution in [2.75, 3.05) is 33.4 Å². The number of carboxylic acids is 1. The van der Waals surface area contributed by atoms with Crippen molar-refractivity contribution >= 4 is 22.0 Å². The molecule has 1 aromatic rings. The van der Waals surface area contributed by atoms with E-state index >= 15 is 0 Å². The van der Waals surface area contributed by atoms with E-state index in [9.17, 15) is 23.1 Å². The maximum atomic E-state index is 12.2. The first-order valence-corrected chi connectivity index (χ1v) is 10.00. The SMILES string of the molecule is COCCNS(=O)(=O)c1ccc(CNC(=O)N2CCC(C)(C(=O)O)C2)cc1. The number of rotatable bonds is 8. The summed E-state index contributed by atoms with van der Waals surface area (Å²) < 4.78 is 31.4. The molecular formula is C17H25N3O6S. The van der Waals surface area contributed by atoms with Gasteiger partial charge in [0.25, 0.3) is 0 Å². The zero-order chi connectivity index (χ0) is 20.1. The van der Waals surface area contributed by atoms with Crippen molar-refractivity contribution in [3.05, 3.63) is 29.8 Å². The summed E-state index contributed by atoms with van der Waals surface area (Å²) in [6, 6.07) is 5.84. The molecule has 1 unspecified atom stereocenters. The number of carboxylic acid groups (broad SMARTS) is 1. The van der Waals surface area contributed by atoms with Crippen LogP contribution in [0.4, 0.5) is 4.79 Å². The van der Waals surface area contributed by atoms with Gasteiger partial charge in [-0.2, -0.15) is 0 Å². The summed E-state index contributed by atoms with van der Waals surface area (Å²) in [7, 11) is -2.11. The van der Waals surface area contributed by atoms with E-state index in [0.717, 1.165) is 5.56 Å². The molecule has 0 spiro atoms. The van der Waals surface area contributed by atoms with Crippen LogP contribution in [0.1, 0.15) is 18.9 Å². The minimum atomic E-state index is -3.60. The lowest BCUT2D eigenvalue weighted by molar-refractivity contribution is -0.147. The summed E-state index contributed by atoms with van der Waals surface area (Å²) in [5.41, 5.74) is -0.178. The second-order valence-corrected chi connectivity index (χ2v) is 8.50. The number of benzene rings is 1. The monoisotopic (exact) mass is 399 g/mol. The molecule has 0 radical (unpaired) electrons. The first kappa shape index (κ1) is 21.1. The van der Waals surface area contributed by atoms with E-state index < -0.39 is 21.4 Å². The van der Waals surface area contributed by atoms with Crippen molar-refractivity contribution in [1.82, 2.24) is 14.9 Å². The Hall–Kier alpha value is -2.17. The Morgan fingerprint density at radius 3 is 2.52 bits per heavy atom. The first-order chi connectivity index (χ1) is 12.7. The number of aliphatic carboxylic acids is 1. The number of urea groups is 1. The molecular weight excluding hydrogens is 374 g/mol. The van der Waals surface area contributed by atoms with Gasteiger partial charge in [-0.15, -0.1) is 0 Å². The highest BCUT2D eigenvalue weighted by atomic mass is 32.2. The molecule has 9 nitrogen and oxygen atoms in total. The Morgan fingerprint density at radius 2 is 1.96 bits per heavy atom. The van der Waals surface area contributed by atoms with Crippen LogP contribution in [0, 0.1) is 5.41 Å². The minimum Gasteiger partial charge on any atom is -0.481 e. The average Bonchev–Trinajstić information content (AvgIpc) is 3.04. The van der Waals surface area contributed by atoms with Crippen molar-refractivity contribution in [1.29, 1.82) is 0 Å². The van der Waals surface area contributed by atoms with Crippen LogP contribution >= 0.6 is 0 Å². The van der Waals surface area contributed by atoms with Crippen LogP contribution in [-0.4, -0.2) is 63.8 Å². The number of sulfonamides is 1. The highest BCUT2D eigenvalue weighted by molar-refractivity contribution is 7.89. The summed E-state index contributed by atoms with van der Waals surface area (Å²) in [5.74, 6) is -0.909. The van der Waals surface area contributed by atoms with E-state index in [0.29, 0.717) is 13.0 Å². The smallest absolute Gasteiger partial charge is 0.317 e. The van der Waals surface area contributed by atoms with Crippen LogP contribution in [0.3, 0.4) is 0 Å². The number of hydrogen-bond donors (Lipinski definition) is 3.